The van der Waals surface area contributed by atoms with Crippen LogP contribution in [0.3, 0.4) is 0 Å². The number of carbonyl (C=O) groups excluding carboxylic acids is 2. The lowest BCUT2D eigenvalue weighted by molar-refractivity contribution is -0.144. The van der Waals surface area contributed by atoms with Gasteiger partial charge in [0.25, 0.3) is 0 Å². The summed E-state index contributed by atoms with van der Waals surface area (Å²) in [5, 5.41) is 8.85. The van der Waals surface area contributed by atoms with E-state index in [1.54, 1.807) is 6.92 Å². The number of aryl methyl sites for hydroxylation is 2. The number of ketones is 1. The van der Waals surface area contributed by atoms with Gasteiger partial charge in [-0.25, -0.2) is 4.98 Å². The predicted octanol–water partition coefficient (Wildman–Crippen LogP) is 2.83. The SMILES string of the molecule is CCOC(=O)C(Sc1nc2c(cc1C#N)CCCCC2)C(C)=O. The maximum Gasteiger partial charge on any atom is 0.327 e. The quantitative estimate of drug-likeness (QED) is 0.357. The maximum absolute atomic E-state index is 12.0. The maximum atomic E-state index is 12.0. The number of pyridine rings is 1. The zero-order chi connectivity index (χ0) is 16.8. The van der Waals surface area contributed by atoms with E-state index in [0.29, 0.717) is 10.6 Å². The van der Waals surface area contributed by atoms with Gasteiger partial charge >= 0.3 is 5.97 Å². The number of Topliss-reactive ketones (excluding diaryl/α,β-unsaturated/α-hetero) is 1. The molecule has 0 saturated heterocycles. The van der Waals surface area contributed by atoms with E-state index in [2.05, 4.69) is 11.1 Å². The van der Waals surface area contributed by atoms with Crippen LogP contribution in [-0.4, -0.2) is 28.6 Å². The first-order chi connectivity index (χ1) is 11.1. The molecule has 0 N–H and O–H groups in total. The molecule has 1 aromatic rings. The van der Waals surface area contributed by atoms with Crippen LogP contribution in [0.1, 0.15) is 49.9 Å². The largest absolute Gasteiger partial charge is 0.465 e. The highest BCUT2D eigenvalue weighted by atomic mass is 32.2. The molecule has 122 valence electrons. The van der Waals surface area contributed by atoms with Crippen LogP contribution in [0.15, 0.2) is 11.1 Å². The van der Waals surface area contributed by atoms with E-state index >= 15 is 0 Å². The van der Waals surface area contributed by atoms with Crippen molar-refractivity contribution in [3.05, 3.63) is 22.9 Å². The Morgan fingerprint density at radius 2 is 2.13 bits per heavy atom. The number of hydrogen-bond acceptors (Lipinski definition) is 6. The molecule has 6 heteroatoms. The van der Waals surface area contributed by atoms with Gasteiger partial charge in [-0.1, -0.05) is 18.2 Å². The molecule has 0 aromatic carbocycles. The minimum absolute atomic E-state index is 0.214. The van der Waals surface area contributed by atoms with Gasteiger partial charge in [0, 0.05) is 5.69 Å². The summed E-state index contributed by atoms with van der Waals surface area (Å²) in [6, 6.07) is 3.99. The van der Waals surface area contributed by atoms with Gasteiger partial charge in [0.05, 0.1) is 12.2 Å². The molecule has 5 nitrogen and oxygen atoms in total. The van der Waals surface area contributed by atoms with Gasteiger partial charge in [0.2, 0.25) is 0 Å². The van der Waals surface area contributed by atoms with Crippen molar-refractivity contribution in [2.24, 2.45) is 0 Å². The van der Waals surface area contributed by atoms with Crippen LogP contribution < -0.4 is 0 Å². The van der Waals surface area contributed by atoms with Crippen LogP contribution >= 0.6 is 11.8 Å². The van der Waals surface area contributed by atoms with E-state index in [-0.39, 0.29) is 12.4 Å². The molecule has 1 unspecified atom stereocenters. The second kappa shape index (κ2) is 8.11. The second-order valence-corrected chi connectivity index (χ2v) is 6.57. The van der Waals surface area contributed by atoms with Gasteiger partial charge in [0.15, 0.2) is 11.0 Å². The molecule has 0 saturated carbocycles. The Bertz CT molecular complexity index is 652. The first kappa shape index (κ1) is 17.5. The number of fused-ring (bicyclic) bond motifs is 1. The van der Waals surface area contributed by atoms with Crippen molar-refractivity contribution in [2.75, 3.05) is 6.61 Å². The summed E-state index contributed by atoms with van der Waals surface area (Å²) in [6.45, 7) is 3.26. The molecule has 1 aliphatic carbocycles. The van der Waals surface area contributed by atoms with Crippen molar-refractivity contribution in [3.63, 3.8) is 0 Å². The molecule has 1 atom stereocenters. The molecule has 0 bridgehead atoms. The number of aromatic nitrogens is 1. The average Bonchev–Trinajstić information content (AvgIpc) is 2.76. The van der Waals surface area contributed by atoms with Crippen LogP contribution in [0, 0.1) is 11.3 Å². The van der Waals surface area contributed by atoms with Gasteiger partial charge < -0.3 is 4.74 Å². The first-order valence-corrected chi connectivity index (χ1v) is 8.71. The zero-order valence-electron chi connectivity index (χ0n) is 13.4. The van der Waals surface area contributed by atoms with Crippen molar-refractivity contribution in [1.82, 2.24) is 4.98 Å². The average molecular weight is 332 g/mol. The minimum atomic E-state index is -0.974. The van der Waals surface area contributed by atoms with E-state index < -0.39 is 11.2 Å². The lowest BCUT2D eigenvalue weighted by Gasteiger charge is -2.14. The van der Waals surface area contributed by atoms with Crippen LogP contribution in [0.2, 0.25) is 0 Å². The number of thioether (sulfide) groups is 1. The standard InChI is InChI=1S/C17H20N2O3S/c1-3-22-17(21)15(11(2)20)23-16-13(10-18)9-12-7-5-4-6-8-14(12)19-16/h9,15H,3-8H2,1-2H3. The number of hydrogen-bond donors (Lipinski definition) is 0. The summed E-state index contributed by atoms with van der Waals surface area (Å²) in [7, 11) is 0. The van der Waals surface area contributed by atoms with Crippen LogP contribution in [0.25, 0.3) is 0 Å². The lowest BCUT2D eigenvalue weighted by Crippen LogP contribution is -2.27. The molecule has 23 heavy (non-hydrogen) atoms. The number of esters is 1. The van der Waals surface area contributed by atoms with Crippen molar-refractivity contribution >= 4 is 23.5 Å². The van der Waals surface area contributed by atoms with E-state index in [4.69, 9.17) is 4.74 Å². The Morgan fingerprint density at radius 1 is 1.39 bits per heavy atom. The fourth-order valence-electron chi connectivity index (χ4n) is 2.59. The molecular formula is C17H20N2O3S. The third-order valence-electron chi connectivity index (χ3n) is 3.74. The summed E-state index contributed by atoms with van der Waals surface area (Å²) in [4.78, 5) is 28.3. The van der Waals surface area contributed by atoms with Gasteiger partial charge in [-0.05, 0) is 51.2 Å². The molecule has 2 rings (SSSR count). The van der Waals surface area contributed by atoms with E-state index in [0.717, 1.165) is 55.1 Å². The Kier molecular flexibility index (Phi) is 6.17. The number of carbonyl (C=O) groups is 2. The summed E-state index contributed by atoms with van der Waals surface area (Å²) in [6.07, 6.45) is 5.13. The topological polar surface area (TPSA) is 80.0 Å². The molecule has 1 aliphatic rings. The smallest absolute Gasteiger partial charge is 0.327 e. The minimum Gasteiger partial charge on any atom is -0.465 e. The predicted molar refractivity (Wildman–Crippen MR) is 87.2 cm³/mol. The molecular weight excluding hydrogens is 312 g/mol. The summed E-state index contributed by atoms with van der Waals surface area (Å²) >= 11 is 1.02. The Hall–Kier alpha value is -1.87. The number of ether oxygens (including phenoxy) is 1. The van der Waals surface area contributed by atoms with Crippen molar-refractivity contribution in [3.8, 4) is 6.07 Å². The summed E-state index contributed by atoms with van der Waals surface area (Å²) in [5.41, 5.74) is 2.51. The zero-order valence-corrected chi connectivity index (χ0v) is 14.2. The van der Waals surface area contributed by atoms with Crippen LogP contribution in [-0.2, 0) is 27.2 Å². The highest BCUT2D eigenvalue weighted by Gasteiger charge is 2.28. The van der Waals surface area contributed by atoms with Crippen LogP contribution in [0.5, 0.6) is 0 Å². The summed E-state index contributed by atoms with van der Waals surface area (Å²) < 4.78 is 4.95. The molecule has 0 radical (unpaired) electrons. The van der Waals surface area contributed by atoms with E-state index in [9.17, 15) is 14.9 Å². The first-order valence-electron chi connectivity index (χ1n) is 7.83. The highest BCUT2D eigenvalue weighted by molar-refractivity contribution is 8.01. The monoisotopic (exact) mass is 332 g/mol. The highest BCUT2D eigenvalue weighted by Crippen LogP contribution is 2.30. The van der Waals surface area contributed by atoms with Crippen molar-refractivity contribution in [2.45, 2.75) is 56.2 Å². The molecule has 0 fully saturated rings. The lowest BCUT2D eigenvalue weighted by atomic mass is 10.1. The molecule has 1 aromatic heterocycles. The Balaban J connectivity index is 2.34. The number of nitrogens with zero attached hydrogens (tertiary/aromatic N) is 2. The number of nitriles is 1. The third-order valence-corrected chi connectivity index (χ3v) is 5.03. The van der Waals surface area contributed by atoms with Crippen molar-refractivity contribution in [1.29, 1.82) is 5.26 Å². The molecule has 1 heterocycles. The number of rotatable bonds is 5. The second-order valence-electron chi connectivity index (χ2n) is 5.48. The third kappa shape index (κ3) is 4.32. The normalized spacial score (nSPS) is 15.0. The Morgan fingerprint density at radius 3 is 2.78 bits per heavy atom. The fraction of sp³-hybridized carbons (Fsp3) is 0.529. The molecule has 0 aliphatic heterocycles. The van der Waals surface area contributed by atoms with E-state index in [1.807, 2.05) is 6.07 Å². The van der Waals surface area contributed by atoms with Gasteiger partial charge in [-0.2, -0.15) is 5.26 Å². The van der Waals surface area contributed by atoms with Crippen molar-refractivity contribution < 1.29 is 14.3 Å². The van der Waals surface area contributed by atoms with Gasteiger partial charge in [0.1, 0.15) is 11.1 Å². The summed E-state index contributed by atoms with van der Waals surface area (Å²) in [5.74, 6) is -0.875. The molecule has 0 spiro atoms. The van der Waals surface area contributed by atoms with Gasteiger partial charge in [-0.15, -0.1) is 0 Å². The Labute approximate surface area is 140 Å². The van der Waals surface area contributed by atoms with Gasteiger partial charge in [-0.3, -0.25) is 9.59 Å². The fourth-order valence-corrected chi connectivity index (χ4v) is 3.54. The van der Waals surface area contributed by atoms with Crippen LogP contribution in [0.4, 0.5) is 0 Å². The molecule has 0 amide bonds. The van der Waals surface area contributed by atoms with E-state index in [1.165, 1.54) is 6.92 Å².